The number of hydrogen-bond donors (Lipinski definition) is 1. The van der Waals surface area contributed by atoms with Gasteiger partial charge in [0, 0.05) is 45.1 Å². The molecule has 1 aromatic heterocycles. The Kier molecular flexibility index (Phi) is 6.08. The predicted molar refractivity (Wildman–Crippen MR) is 87.3 cm³/mol. The lowest BCUT2D eigenvalue weighted by molar-refractivity contribution is 0.265. The first-order valence-electron chi connectivity index (χ1n) is 8.19. The largest absolute Gasteiger partial charge is 0.357 e. The number of piperidine rings is 1. The molecule has 1 aliphatic rings. The van der Waals surface area contributed by atoms with Crippen molar-refractivity contribution in [3.05, 3.63) is 18.5 Å². The monoisotopic (exact) mass is 291 g/mol. The van der Waals surface area contributed by atoms with Gasteiger partial charge in [0.15, 0.2) is 5.96 Å². The van der Waals surface area contributed by atoms with E-state index in [2.05, 4.69) is 36.1 Å². The fraction of sp³-hybridized carbons (Fsp3) is 0.750. The minimum absolute atomic E-state index is 0.487. The number of aromatic nitrogens is 2. The first-order chi connectivity index (χ1) is 10.2. The molecule has 118 valence electrons. The average molecular weight is 291 g/mol. The summed E-state index contributed by atoms with van der Waals surface area (Å²) in [4.78, 5) is 7.26. The van der Waals surface area contributed by atoms with Crippen molar-refractivity contribution in [3.63, 3.8) is 0 Å². The van der Waals surface area contributed by atoms with E-state index in [-0.39, 0.29) is 0 Å². The third-order valence-electron chi connectivity index (χ3n) is 3.90. The van der Waals surface area contributed by atoms with E-state index in [0.717, 1.165) is 44.6 Å². The Balaban J connectivity index is 1.90. The van der Waals surface area contributed by atoms with Crippen LogP contribution in [0.4, 0.5) is 0 Å². The Bertz CT molecular complexity index is 426. The molecule has 2 heterocycles. The summed E-state index contributed by atoms with van der Waals surface area (Å²) >= 11 is 0. The standard InChI is InChI=1S/C16H29N5/c1-4-17-16(20-9-5-7-14(2)12-20)18-11-15(3)13-21-10-6-8-19-21/h6,8,10,14-15H,4-5,7,9,11-13H2,1-3H3,(H,17,18). The third-order valence-corrected chi connectivity index (χ3v) is 3.90. The van der Waals surface area contributed by atoms with Crippen LogP contribution in [-0.4, -0.2) is 46.8 Å². The van der Waals surface area contributed by atoms with Crippen molar-refractivity contribution in [2.24, 2.45) is 16.8 Å². The van der Waals surface area contributed by atoms with Crippen LogP contribution in [-0.2, 0) is 6.54 Å². The number of nitrogens with one attached hydrogen (secondary N) is 1. The van der Waals surface area contributed by atoms with Gasteiger partial charge in [-0.2, -0.15) is 5.10 Å². The summed E-state index contributed by atoms with van der Waals surface area (Å²) in [5.41, 5.74) is 0. The van der Waals surface area contributed by atoms with Crippen molar-refractivity contribution in [3.8, 4) is 0 Å². The quantitative estimate of drug-likeness (QED) is 0.668. The second-order valence-corrected chi connectivity index (χ2v) is 6.22. The molecular formula is C16H29N5. The van der Waals surface area contributed by atoms with E-state index in [4.69, 9.17) is 4.99 Å². The van der Waals surface area contributed by atoms with Crippen molar-refractivity contribution < 1.29 is 0 Å². The molecule has 2 atom stereocenters. The van der Waals surface area contributed by atoms with Crippen LogP contribution >= 0.6 is 0 Å². The molecule has 1 fully saturated rings. The Morgan fingerprint density at radius 1 is 1.52 bits per heavy atom. The topological polar surface area (TPSA) is 45.5 Å². The van der Waals surface area contributed by atoms with Gasteiger partial charge >= 0.3 is 0 Å². The molecule has 5 heteroatoms. The van der Waals surface area contributed by atoms with E-state index in [1.165, 1.54) is 12.8 Å². The number of hydrogen-bond acceptors (Lipinski definition) is 2. The molecule has 0 radical (unpaired) electrons. The average Bonchev–Trinajstić information content (AvgIpc) is 2.96. The molecule has 1 aromatic rings. The van der Waals surface area contributed by atoms with Gasteiger partial charge in [-0.15, -0.1) is 0 Å². The molecule has 0 saturated carbocycles. The van der Waals surface area contributed by atoms with Gasteiger partial charge in [0.2, 0.25) is 0 Å². The molecule has 0 spiro atoms. The van der Waals surface area contributed by atoms with Crippen LogP contribution < -0.4 is 5.32 Å². The van der Waals surface area contributed by atoms with Gasteiger partial charge in [0.1, 0.15) is 0 Å². The van der Waals surface area contributed by atoms with Crippen LogP contribution in [0.5, 0.6) is 0 Å². The molecule has 0 amide bonds. The zero-order valence-electron chi connectivity index (χ0n) is 13.6. The minimum atomic E-state index is 0.487. The SMILES string of the molecule is CCNC(=NCC(C)Cn1cccn1)N1CCCC(C)C1. The highest BCUT2D eigenvalue weighted by Gasteiger charge is 2.19. The van der Waals surface area contributed by atoms with Crippen LogP contribution in [0.1, 0.15) is 33.6 Å². The fourth-order valence-electron chi connectivity index (χ4n) is 2.84. The van der Waals surface area contributed by atoms with Crippen molar-refractivity contribution in [2.75, 3.05) is 26.2 Å². The van der Waals surface area contributed by atoms with Crippen LogP contribution in [0.3, 0.4) is 0 Å². The second-order valence-electron chi connectivity index (χ2n) is 6.22. The van der Waals surface area contributed by atoms with Crippen LogP contribution in [0, 0.1) is 11.8 Å². The third kappa shape index (κ3) is 5.06. The van der Waals surface area contributed by atoms with Crippen LogP contribution in [0.2, 0.25) is 0 Å². The van der Waals surface area contributed by atoms with Crippen LogP contribution in [0.15, 0.2) is 23.5 Å². The van der Waals surface area contributed by atoms with Gasteiger partial charge in [-0.25, -0.2) is 0 Å². The molecule has 2 rings (SSSR count). The molecule has 5 nitrogen and oxygen atoms in total. The molecule has 1 aliphatic heterocycles. The lowest BCUT2D eigenvalue weighted by atomic mass is 10.0. The summed E-state index contributed by atoms with van der Waals surface area (Å²) in [5, 5.41) is 7.70. The summed E-state index contributed by atoms with van der Waals surface area (Å²) in [6, 6.07) is 1.97. The van der Waals surface area contributed by atoms with E-state index in [9.17, 15) is 0 Å². The minimum Gasteiger partial charge on any atom is -0.357 e. The lowest BCUT2D eigenvalue weighted by Crippen LogP contribution is -2.46. The fourth-order valence-corrected chi connectivity index (χ4v) is 2.84. The maximum atomic E-state index is 4.84. The molecule has 2 unspecified atom stereocenters. The number of aliphatic imine (C=N–C) groups is 1. The van der Waals surface area contributed by atoms with Gasteiger partial charge in [-0.05, 0) is 37.7 Å². The summed E-state index contributed by atoms with van der Waals surface area (Å²) in [6.45, 7) is 11.6. The highest BCUT2D eigenvalue weighted by atomic mass is 15.3. The number of rotatable bonds is 5. The van der Waals surface area contributed by atoms with Gasteiger partial charge < -0.3 is 10.2 Å². The molecule has 1 N–H and O–H groups in total. The lowest BCUT2D eigenvalue weighted by Gasteiger charge is -2.33. The van der Waals surface area contributed by atoms with E-state index in [1.807, 2.05) is 23.1 Å². The van der Waals surface area contributed by atoms with E-state index < -0.39 is 0 Å². The molecule has 1 saturated heterocycles. The van der Waals surface area contributed by atoms with Crippen LogP contribution in [0.25, 0.3) is 0 Å². The summed E-state index contributed by atoms with van der Waals surface area (Å²) < 4.78 is 1.98. The number of likely N-dealkylation sites (tertiary alicyclic amines) is 1. The summed E-state index contributed by atoms with van der Waals surface area (Å²) in [7, 11) is 0. The van der Waals surface area contributed by atoms with Crippen molar-refractivity contribution in [1.82, 2.24) is 20.0 Å². The van der Waals surface area contributed by atoms with Crippen molar-refractivity contribution in [1.29, 1.82) is 0 Å². The number of nitrogens with zero attached hydrogens (tertiary/aromatic N) is 4. The normalized spacial score (nSPS) is 21.4. The van der Waals surface area contributed by atoms with Gasteiger partial charge in [-0.1, -0.05) is 13.8 Å². The molecular weight excluding hydrogens is 262 g/mol. The molecule has 0 bridgehead atoms. The maximum absolute atomic E-state index is 4.84. The predicted octanol–water partition coefficient (Wildman–Crippen LogP) is 2.22. The van der Waals surface area contributed by atoms with Gasteiger partial charge in [0.25, 0.3) is 0 Å². The first kappa shape index (κ1) is 15.9. The summed E-state index contributed by atoms with van der Waals surface area (Å²) in [5.74, 6) is 2.33. The van der Waals surface area contributed by atoms with Crippen molar-refractivity contribution >= 4 is 5.96 Å². The Morgan fingerprint density at radius 3 is 3.05 bits per heavy atom. The number of guanidine groups is 1. The zero-order chi connectivity index (χ0) is 15.1. The summed E-state index contributed by atoms with van der Waals surface area (Å²) in [6.07, 6.45) is 6.45. The molecule has 0 aliphatic carbocycles. The smallest absolute Gasteiger partial charge is 0.193 e. The van der Waals surface area contributed by atoms with Gasteiger partial charge in [0.05, 0.1) is 0 Å². The highest BCUT2D eigenvalue weighted by molar-refractivity contribution is 5.80. The second kappa shape index (κ2) is 8.05. The zero-order valence-corrected chi connectivity index (χ0v) is 13.6. The Morgan fingerprint density at radius 2 is 2.38 bits per heavy atom. The van der Waals surface area contributed by atoms with Gasteiger partial charge in [-0.3, -0.25) is 9.67 Å². The Hall–Kier alpha value is -1.52. The van der Waals surface area contributed by atoms with E-state index >= 15 is 0 Å². The Labute approximate surface area is 128 Å². The van der Waals surface area contributed by atoms with Crippen molar-refractivity contribution in [2.45, 2.75) is 40.2 Å². The van der Waals surface area contributed by atoms with E-state index in [1.54, 1.807) is 0 Å². The maximum Gasteiger partial charge on any atom is 0.193 e. The molecule has 21 heavy (non-hydrogen) atoms. The highest BCUT2D eigenvalue weighted by Crippen LogP contribution is 2.15. The van der Waals surface area contributed by atoms with E-state index in [0.29, 0.717) is 5.92 Å². The first-order valence-corrected chi connectivity index (χ1v) is 8.19. The molecule has 0 aromatic carbocycles.